The van der Waals surface area contributed by atoms with Gasteiger partial charge in [-0.05, 0) is 26.0 Å². The molecule has 0 atom stereocenters. The maximum Gasteiger partial charge on any atom is 0.191 e. The number of hydrogen-bond donors (Lipinski definition) is 1. The van der Waals surface area contributed by atoms with Crippen molar-refractivity contribution in [1.82, 2.24) is 5.32 Å². The van der Waals surface area contributed by atoms with Gasteiger partial charge in [-0.25, -0.2) is 0 Å². The first-order valence-electron chi connectivity index (χ1n) is 7.21. The minimum Gasteiger partial charge on any atom is -0.387 e. The van der Waals surface area contributed by atoms with Crippen molar-refractivity contribution in [2.75, 3.05) is 6.54 Å². The second kappa shape index (κ2) is 6.08. The molecule has 1 aromatic carbocycles. The molecule has 1 N–H and O–H groups in total. The molecule has 0 amide bonds. The van der Waals surface area contributed by atoms with Gasteiger partial charge in [0.15, 0.2) is 11.6 Å². The highest BCUT2D eigenvalue weighted by Gasteiger charge is 2.28. The third-order valence-electron chi connectivity index (χ3n) is 4.00. The molecule has 1 aliphatic carbocycles. The zero-order valence-corrected chi connectivity index (χ0v) is 13.0. The summed E-state index contributed by atoms with van der Waals surface area (Å²) in [5.41, 5.74) is 3.34. The fraction of sp³-hybridized carbons (Fsp3) is 0.333. The van der Waals surface area contributed by atoms with Crippen LogP contribution in [-0.2, 0) is 0 Å². The number of fused-ring (bicyclic) bond motifs is 1. The summed E-state index contributed by atoms with van der Waals surface area (Å²) in [6, 6.07) is 7.01. The lowest BCUT2D eigenvalue weighted by atomic mass is 9.84. The second-order valence-corrected chi connectivity index (χ2v) is 5.73. The van der Waals surface area contributed by atoms with Crippen molar-refractivity contribution in [3.05, 3.63) is 58.3 Å². The van der Waals surface area contributed by atoms with Gasteiger partial charge in [-0.1, -0.05) is 43.7 Å². The standard InChI is InChI=1S/C18H21NO2/c1-11(2)12(3)9-19-10-16-13(4)17(20)14-7-5-6-8-15(14)18(16)21/h5-9,11,19H,10H2,1-4H3/b12-9+. The zero-order chi connectivity index (χ0) is 15.6. The van der Waals surface area contributed by atoms with E-state index in [-0.39, 0.29) is 11.6 Å². The molecular weight excluding hydrogens is 262 g/mol. The average molecular weight is 283 g/mol. The maximum atomic E-state index is 12.5. The van der Waals surface area contributed by atoms with Crippen molar-refractivity contribution in [2.24, 2.45) is 5.92 Å². The molecule has 110 valence electrons. The van der Waals surface area contributed by atoms with Crippen LogP contribution in [0, 0.1) is 5.92 Å². The van der Waals surface area contributed by atoms with Crippen LogP contribution in [0.3, 0.4) is 0 Å². The number of hydrogen-bond acceptors (Lipinski definition) is 3. The van der Waals surface area contributed by atoms with Crippen LogP contribution >= 0.6 is 0 Å². The number of nitrogens with one attached hydrogen (secondary N) is 1. The number of ketones is 2. The number of Topliss-reactive ketones (excluding diaryl/α,β-unsaturated/α-hetero) is 2. The topological polar surface area (TPSA) is 46.2 Å². The van der Waals surface area contributed by atoms with Gasteiger partial charge in [0, 0.05) is 28.8 Å². The van der Waals surface area contributed by atoms with Gasteiger partial charge in [0.2, 0.25) is 0 Å². The highest BCUT2D eigenvalue weighted by Crippen LogP contribution is 2.25. The van der Waals surface area contributed by atoms with Crippen LogP contribution in [0.25, 0.3) is 0 Å². The van der Waals surface area contributed by atoms with Crippen molar-refractivity contribution in [3.63, 3.8) is 0 Å². The SMILES string of the molecule is CC1=C(CN/C=C(\C)C(C)C)C(=O)c2ccccc2C1=O. The van der Waals surface area contributed by atoms with Crippen LogP contribution in [0.2, 0.25) is 0 Å². The van der Waals surface area contributed by atoms with Crippen molar-refractivity contribution < 1.29 is 9.59 Å². The van der Waals surface area contributed by atoms with Gasteiger partial charge < -0.3 is 5.32 Å². The summed E-state index contributed by atoms with van der Waals surface area (Å²) < 4.78 is 0. The minimum atomic E-state index is -0.0502. The second-order valence-electron chi connectivity index (χ2n) is 5.73. The first-order valence-corrected chi connectivity index (χ1v) is 7.21. The van der Waals surface area contributed by atoms with E-state index in [4.69, 9.17) is 0 Å². The Bertz CT molecular complexity index is 651. The van der Waals surface area contributed by atoms with Crippen LogP contribution in [0.1, 0.15) is 48.4 Å². The van der Waals surface area contributed by atoms with E-state index >= 15 is 0 Å². The summed E-state index contributed by atoms with van der Waals surface area (Å²) in [6.45, 7) is 8.39. The molecule has 0 saturated heterocycles. The first kappa shape index (κ1) is 15.2. The van der Waals surface area contributed by atoms with Crippen LogP contribution in [0.5, 0.6) is 0 Å². The molecule has 2 rings (SSSR count). The molecule has 0 radical (unpaired) electrons. The molecule has 0 spiro atoms. The van der Waals surface area contributed by atoms with E-state index in [1.807, 2.05) is 13.1 Å². The zero-order valence-electron chi connectivity index (χ0n) is 13.0. The normalized spacial score (nSPS) is 15.6. The largest absolute Gasteiger partial charge is 0.387 e. The van der Waals surface area contributed by atoms with E-state index in [2.05, 4.69) is 19.2 Å². The molecule has 0 unspecified atom stereocenters. The van der Waals surface area contributed by atoms with Crippen molar-refractivity contribution >= 4 is 11.6 Å². The number of carbonyl (C=O) groups is 2. The molecule has 0 saturated carbocycles. The van der Waals surface area contributed by atoms with E-state index in [9.17, 15) is 9.59 Å². The Morgan fingerprint density at radius 3 is 2.29 bits per heavy atom. The number of benzene rings is 1. The average Bonchev–Trinajstić information content (AvgIpc) is 2.48. The molecule has 0 bridgehead atoms. The van der Waals surface area contributed by atoms with Crippen molar-refractivity contribution in [1.29, 1.82) is 0 Å². The number of rotatable bonds is 4. The number of allylic oxidation sites excluding steroid dienone is 2. The van der Waals surface area contributed by atoms with Gasteiger partial charge in [-0.3, -0.25) is 9.59 Å². The summed E-state index contributed by atoms with van der Waals surface area (Å²) in [5, 5.41) is 3.16. The van der Waals surface area contributed by atoms with Gasteiger partial charge in [0.25, 0.3) is 0 Å². The third kappa shape index (κ3) is 2.97. The fourth-order valence-electron chi connectivity index (χ4n) is 2.24. The molecule has 0 aliphatic heterocycles. The molecule has 0 aromatic heterocycles. The lowest BCUT2D eigenvalue weighted by Crippen LogP contribution is -2.26. The fourth-order valence-corrected chi connectivity index (χ4v) is 2.24. The van der Waals surface area contributed by atoms with Gasteiger partial charge in [0.1, 0.15) is 0 Å². The van der Waals surface area contributed by atoms with Crippen molar-refractivity contribution in [3.8, 4) is 0 Å². The van der Waals surface area contributed by atoms with E-state index < -0.39 is 0 Å². The Morgan fingerprint density at radius 2 is 1.71 bits per heavy atom. The van der Waals surface area contributed by atoms with Gasteiger partial charge in [-0.2, -0.15) is 0 Å². The highest BCUT2D eigenvalue weighted by molar-refractivity contribution is 6.26. The molecule has 0 fully saturated rings. The predicted octanol–water partition coefficient (Wildman–Crippen LogP) is 3.53. The van der Waals surface area contributed by atoms with E-state index in [1.54, 1.807) is 31.2 Å². The molecule has 21 heavy (non-hydrogen) atoms. The third-order valence-corrected chi connectivity index (χ3v) is 4.00. The van der Waals surface area contributed by atoms with Gasteiger partial charge in [-0.15, -0.1) is 0 Å². The lowest BCUT2D eigenvalue weighted by molar-refractivity contribution is 0.0973. The quantitative estimate of drug-likeness (QED) is 0.919. The lowest BCUT2D eigenvalue weighted by Gasteiger charge is -2.19. The van der Waals surface area contributed by atoms with Gasteiger partial charge in [0.05, 0.1) is 0 Å². The van der Waals surface area contributed by atoms with E-state index in [0.29, 0.717) is 34.7 Å². The highest BCUT2D eigenvalue weighted by atomic mass is 16.1. The van der Waals surface area contributed by atoms with Crippen LogP contribution < -0.4 is 5.32 Å². The van der Waals surface area contributed by atoms with E-state index in [1.165, 1.54) is 5.57 Å². The molecule has 3 nitrogen and oxygen atoms in total. The molecule has 3 heteroatoms. The van der Waals surface area contributed by atoms with Gasteiger partial charge >= 0.3 is 0 Å². The van der Waals surface area contributed by atoms with Crippen LogP contribution in [-0.4, -0.2) is 18.1 Å². The summed E-state index contributed by atoms with van der Waals surface area (Å²) in [5.74, 6) is 0.356. The smallest absolute Gasteiger partial charge is 0.191 e. The molecule has 1 aliphatic rings. The maximum absolute atomic E-state index is 12.5. The Morgan fingerprint density at radius 1 is 1.14 bits per heavy atom. The predicted molar refractivity (Wildman–Crippen MR) is 84.4 cm³/mol. The Hall–Kier alpha value is -2.16. The summed E-state index contributed by atoms with van der Waals surface area (Å²) in [6.07, 6.45) is 1.92. The monoisotopic (exact) mass is 283 g/mol. The summed E-state index contributed by atoms with van der Waals surface area (Å²) in [7, 11) is 0. The Balaban J connectivity index is 2.25. The summed E-state index contributed by atoms with van der Waals surface area (Å²) in [4.78, 5) is 24.8. The van der Waals surface area contributed by atoms with E-state index in [0.717, 1.165) is 0 Å². The summed E-state index contributed by atoms with van der Waals surface area (Å²) >= 11 is 0. The first-order chi connectivity index (χ1) is 9.93. The minimum absolute atomic E-state index is 0.0495. The Kier molecular flexibility index (Phi) is 4.41. The molecule has 1 aromatic rings. The molecular formula is C18H21NO2. The number of carbonyl (C=O) groups excluding carboxylic acids is 2. The molecule has 0 heterocycles. The van der Waals surface area contributed by atoms with Crippen molar-refractivity contribution in [2.45, 2.75) is 27.7 Å². The van der Waals surface area contributed by atoms with Crippen LogP contribution in [0.15, 0.2) is 47.2 Å². The van der Waals surface area contributed by atoms with Crippen LogP contribution in [0.4, 0.5) is 0 Å². The Labute approximate surface area is 125 Å².